The standard InChI is InChI=1S/C18H33NO2/c1-4-6-8-10-12-14-18(16-19,17(20)21-3)15-13-11-9-7-5-2/h4-15H2,1-3H3. The fourth-order valence-corrected chi connectivity index (χ4v) is 2.74. The molecule has 122 valence electrons. The van der Waals surface area contributed by atoms with Crippen LogP contribution in [0.25, 0.3) is 0 Å². The van der Waals surface area contributed by atoms with E-state index in [4.69, 9.17) is 4.74 Å². The van der Waals surface area contributed by atoms with E-state index in [-0.39, 0.29) is 5.97 Å². The lowest BCUT2D eigenvalue weighted by Crippen LogP contribution is -2.31. The Labute approximate surface area is 131 Å². The Morgan fingerprint density at radius 1 is 0.905 bits per heavy atom. The second-order valence-electron chi connectivity index (χ2n) is 6.01. The van der Waals surface area contributed by atoms with Gasteiger partial charge in [-0.1, -0.05) is 78.1 Å². The van der Waals surface area contributed by atoms with Crippen molar-refractivity contribution in [2.75, 3.05) is 7.11 Å². The zero-order valence-corrected chi connectivity index (χ0v) is 14.2. The molecule has 0 aliphatic rings. The summed E-state index contributed by atoms with van der Waals surface area (Å²) in [6, 6.07) is 2.27. The van der Waals surface area contributed by atoms with Crippen molar-refractivity contribution in [2.45, 2.75) is 90.9 Å². The zero-order chi connectivity index (χ0) is 16.0. The lowest BCUT2D eigenvalue weighted by molar-refractivity contribution is -0.150. The van der Waals surface area contributed by atoms with Crippen molar-refractivity contribution in [1.82, 2.24) is 0 Å². The minimum absolute atomic E-state index is 0.337. The van der Waals surface area contributed by atoms with E-state index in [0.29, 0.717) is 12.8 Å². The Morgan fingerprint density at radius 3 is 1.67 bits per heavy atom. The number of nitriles is 1. The molecule has 0 aliphatic heterocycles. The number of unbranched alkanes of at least 4 members (excludes halogenated alkanes) is 8. The maximum atomic E-state index is 12.1. The van der Waals surface area contributed by atoms with Crippen molar-refractivity contribution in [1.29, 1.82) is 5.26 Å². The number of carbonyl (C=O) groups excluding carboxylic acids is 1. The van der Waals surface area contributed by atoms with Crippen LogP contribution in [0.1, 0.15) is 90.9 Å². The largest absolute Gasteiger partial charge is 0.468 e. The maximum absolute atomic E-state index is 12.1. The number of ether oxygens (including phenoxy) is 1. The normalized spacial score (nSPS) is 11.1. The highest BCUT2D eigenvalue weighted by atomic mass is 16.5. The third kappa shape index (κ3) is 8.09. The van der Waals surface area contributed by atoms with E-state index >= 15 is 0 Å². The van der Waals surface area contributed by atoms with E-state index in [1.165, 1.54) is 45.6 Å². The van der Waals surface area contributed by atoms with Gasteiger partial charge in [0.1, 0.15) is 0 Å². The average Bonchev–Trinajstić information content (AvgIpc) is 2.52. The highest BCUT2D eigenvalue weighted by Gasteiger charge is 2.38. The van der Waals surface area contributed by atoms with Crippen molar-refractivity contribution < 1.29 is 9.53 Å². The van der Waals surface area contributed by atoms with Gasteiger partial charge in [-0.3, -0.25) is 4.79 Å². The topological polar surface area (TPSA) is 50.1 Å². The van der Waals surface area contributed by atoms with E-state index in [1.807, 2.05) is 0 Å². The molecule has 0 N–H and O–H groups in total. The van der Waals surface area contributed by atoms with Gasteiger partial charge in [0.2, 0.25) is 0 Å². The van der Waals surface area contributed by atoms with Crippen molar-refractivity contribution in [3.8, 4) is 6.07 Å². The maximum Gasteiger partial charge on any atom is 0.326 e. The molecular weight excluding hydrogens is 262 g/mol. The number of nitrogens with zero attached hydrogens (tertiary/aromatic N) is 1. The van der Waals surface area contributed by atoms with Gasteiger partial charge in [0.25, 0.3) is 0 Å². The van der Waals surface area contributed by atoms with E-state index in [0.717, 1.165) is 25.7 Å². The summed E-state index contributed by atoms with van der Waals surface area (Å²) in [6.45, 7) is 4.37. The first kappa shape index (κ1) is 20.0. The number of hydrogen-bond donors (Lipinski definition) is 0. The Hall–Kier alpha value is -1.04. The third-order valence-electron chi connectivity index (χ3n) is 4.20. The molecule has 0 amide bonds. The van der Waals surface area contributed by atoms with Gasteiger partial charge in [0.05, 0.1) is 13.2 Å². The summed E-state index contributed by atoms with van der Waals surface area (Å²) in [4.78, 5) is 12.1. The fourth-order valence-electron chi connectivity index (χ4n) is 2.74. The molecule has 0 saturated carbocycles. The van der Waals surface area contributed by atoms with Crippen LogP contribution in [0.3, 0.4) is 0 Å². The van der Waals surface area contributed by atoms with Crippen LogP contribution in [0, 0.1) is 16.7 Å². The van der Waals surface area contributed by atoms with Crippen molar-refractivity contribution in [2.24, 2.45) is 5.41 Å². The van der Waals surface area contributed by atoms with Gasteiger partial charge in [-0.05, 0) is 12.8 Å². The molecule has 0 rings (SSSR count). The first-order chi connectivity index (χ1) is 10.2. The summed E-state index contributed by atoms with van der Waals surface area (Å²) in [7, 11) is 1.39. The molecule has 3 heteroatoms. The van der Waals surface area contributed by atoms with E-state index in [1.54, 1.807) is 0 Å². The number of rotatable bonds is 13. The van der Waals surface area contributed by atoms with Gasteiger partial charge in [-0.2, -0.15) is 5.26 Å². The molecule has 0 aromatic heterocycles. The molecule has 0 fully saturated rings. The first-order valence-electron chi connectivity index (χ1n) is 8.66. The van der Waals surface area contributed by atoms with Crippen LogP contribution in [-0.2, 0) is 9.53 Å². The van der Waals surface area contributed by atoms with Crippen LogP contribution >= 0.6 is 0 Å². The minimum Gasteiger partial charge on any atom is -0.468 e. The average molecular weight is 295 g/mol. The Morgan fingerprint density at radius 2 is 1.33 bits per heavy atom. The molecule has 21 heavy (non-hydrogen) atoms. The second kappa shape index (κ2) is 12.7. The smallest absolute Gasteiger partial charge is 0.326 e. The number of hydrogen-bond acceptors (Lipinski definition) is 3. The fraction of sp³-hybridized carbons (Fsp3) is 0.889. The molecule has 3 nitrogen and oxygen atoms in total. The van der Waals surface area contributed by atoms with Crippen LogP contribution < -0.4 is 0 Å². The molecular formula is C18H33NO2. The lowest BCUT2D eigenvalue weighted by atomic mass is 9.79. The molecule has 0 aromatic rings. The van der Waals surface area contributed by atoms with Crippen molar-refractivity contribution in [3.63, 3.8) is 0 Å². The van der Waals surface area contributed by atoms with Crippen molar-refractivity contribution >= 4 is 5.97 Å². The molecule has 0 saturated heterocycles. The summed E-state index contributed by atoms with van der Waals surface area (Å²) >= 11 is 0. The van der Waals surface area contributed by atoms with Gasteiger partial charge in [0, 0.05) is 0 Å². The Bertz CT molecular complexity index is 293. The van der Waals surface area contributed by atoms with E-state index < -0.39 is 5.41 Å². The predicted molar refractivity (Wildman–Crippen MR) is 86.8 cm³/mol. The Balaban J connectivity index is 4.34. The molecule has 0 heterocycles. The van der Waals surface area contributed by atoms with Crippen LogP contribution in [0.4, 0.5) is 0 Å². The number of esters is 1. The van der Waals surface area contributed by atoms with Crippen LogP contribution in [0.15, 0.2) is 0 Å². The van der Waals surface area contributed by atoms with E-state index in [9.17, 15) is 10.1 Å². The SMILES string of the molecule is CCCCCCCC(C#N)(CCCCCCC)C(=O)OC. The van der Waals surface area contributed by atoms with Crippen molar-refractivity contribution in [3.05, 3.63) is 0 Å². The summed E-state index contributed by atoms with van der Waals surface area (Å²) in [5, 5.41) is 9.53. The molecule has 0 atom stereocenters. The monoisotopic (exact) mass is 295 g/mol. The van der Waals surface area contributed by atoms with Gasteiger partial charge < -0.3 is 4.74 Å². The molecule has 0 aromatic carbocycles. The molecule has 0 unspecified atom stereocenters. The van der Waals surface area contributed by atoms with Crippen LogP contribution in [0.2, 0.25) is 0 Å². The third-order valence-corrected chi connectivity index (χ3v) is 4.20. The lowest BCUT2D eigenvalue weighted by Gasteiger charge is -2.23. The summed E-state index contributed by atoms with van der Waals surface area (Å²) in [6.07, 6.45) is 12.6. The first-order valence-corrected chi connectivity index (χ1v) is 8.66. The Kier molecular flexibility index (Phi) is 12.1. The van der Waals surface area contributed by atoms with Gasteiger partial charge >= 0.3 is 5.97 Å². The molecule has 0 radical (unpaired) electrons. The summed E-state index contributed by atoms with van der Waals surface area (Å²) < 4.78 is 4.90. The van der Waals surface area contributed by atoms with E-state index in [2.05, 4.69) is 19.9 Å². The highest BCUT2D eigenvalue weighted by molar-refractivity contribution is 5.79. The predicted octanol–water partition coefficient (Wildman–Crippen LogP) is 5.39. The summed E-state index contributed by atoms with van der Waals surface area (Å²) in [5.41, 5.74) is -0.910. The van der Waals surface area contributed by atoms with Gasteiger partial charge in [-0.15, -0.1) is 0 Å². The van der Waals surface area contributed by atoms with Gasteiger partial charge in [0.15, 0.2) is 5.41 Å². The minimum atomic E-state index is -0.910. The quantitative estimate of drug-likeness (QED) is 0.338. The molecule has 0 bridgehead atoms. The van der Waals surface area contributed by atoms with Crippen LogP contribution in [0.5, 0.6) is 0 Å². The number of carbonyl (C=O) groups is 1. The van der Waals surface area contributed by atoms with Gasteiger partial charge in [-0.25, -0.2) is 0 Å². The highest BCUT2D eigenvalue weighted by Crippen LogP contribution is 2.32. The van der Waals surface area contributed by atoms with Crippen LogP contribution in [-0.4, -0.2) is 13.1 Å². The number of methoxy groups -OCH3 is 1. The molecule has 0 spiro atoms. The zero-order valence-electron chi connectivity index (χ0n) is 14.2. The second-order valence-corrected chi connectivity index (χ2v) is 6.01. The molecule has 0 aliphatic carbocycles. The summed E-state index contributed by atoms with van der Waals surface area (Å²) in [5.74, 6) is -0.337.